The number of carbonyl (C=O) groups excluding carboxylic acids is 1. The molecule has 3 heterocycles. The second kappa shape index (κ2) is 6.53. The summed E-state index contributed by atoms with van der Waals surface area (Å²) >= 11 is 1.36. The van der Waals surface area contributed by atoms with Crippen LogP contribution in [0.4, 0.5) is 11.6 Å². The Morgan fingerprint density at radius 3 is 3.17 bits per heavy atom. The summed E-state index contributed by atoms with van der Waals surface area (Å²) in [6.45, 7) is 3.83. The van der Waals surface area contributed by atoms with Gasteiger partial charge in [-0.1, -0.05) is 18.3 Å². The molecule has 0 spiro atoms. The maximum absolute atomic E-state index is 12.2. The van der Waals surface area contributed by atoms with Crippen molar-refractivity contribution in [2.24, 2.45) is 5.92 Å². The molecule has 8 nitrogen and oxygen atoms in total. The topological polar surface area (TPSA) is 92.8 Å². The summed E-state index contributed by atoms with van der Waals surface area (Å²) in [7, 11) is 0. The molecule has 1 amide bonds. The molecule has 1 atom stereocenters. The van der Waals surface area contributed by atoms with E-state index >= 15 is 0 Å². The zero-order valence-corrected chi connectivity index (χ0v) is 13.7. The number of hydrogen-bond donors (Lipinski definition) is 1. The predicted molar refractivity (Wildman–Crippen MR) is 88.0 cm³/mol. The minimum atomic E-state index is -0.400. The Morgan fingerprint density at radius 1 is 1.61 bits per heavy atom. The van der Waals surface area contributed by atoms with Gasteiger partial charge in [0.25, 0.3) is 4.96 Å². The Morgan fingerprint density at radius 2 is 2.43 bits per heavy atom. The van der Waals surface area contributed by atoms with Gasteiger partial charge in [-0.15, -0.1) is 0 Å². The molecule has 2 aromatic heterocycles. The van der Waals surface area contributed by atoms with Crippen LogP contribution in [-0.2, 0) is 4.79 Å². The van der Waals surface area contributed by atoms with E-state index in [1.54, 1.807) is 11.6 Å². The van der Waals surface area contributed by atoms with Crippen LogP contribution in [0.3, 0.4) is 0 Å². The van der Waals surface area contributed by atoms with Gasteiger partial charge < -0.3 is 20.3 Å². The number of amides is 1. The van der Waals surface area contributed by atoms with Crippen molar-refractivity contribution in [3.05, 3.63) is 21.7 Å². The molecule has 1 N–H and O–H groups in total. The Balaban J connectivity index is 1.84. The van der Waals surface area contributed by atoms with Crippen molar-refractivity contribution in [1.82, 2.24) is 14.7 Å². The van der Waals surface area contributed by atoms with Gasteiger partial charge in [-0.3, -0.25) is 4.79 Å². The average Bonchev–Trinajstić information content (AvgIpc) is 3.12. The summed E-state index contributed by atoms with van der Waals surface area (Å²) in [4.78, 5) is 30.1. The number of nitrogens with zero attached hydrogens (tertiary/aromatic N) is 4. The number of rotatable bonds is 5. The second-order valence-corrected chi connectivity index (χ2v) is 6.52. The SMILES string of the molecule is CCCNC(=O)C1CCCN(c2nc3sccn3c2[N+](=O)[O-])C1. The van der Waals surface area contributed by atoms with Crippen molar-refractivity contribution in [3.8, 4) is 0 Å². The molecule has 1 saturated heterocycles. The lowest BCUT2D eigenvalue weighted by molar-refractivity contribution is -0.389. The van der Waals surface area contributed by atoms with Crippen molar-refractivity contribution in [2.45, 2.75) is 26.2 Å². The summed E-state index contributed by atoms with van der Waals surface area (Å²) in [6, 6.07) is 0. The number of carbonyl (C=O) groups is 1. The van der Waals surface area contributed by atoms with E-state index < -0.39 is 4.92 Å². The molecule has 124 valence electrons. The highest BCUT2D eigenvalue weighted by Gasteiger charge is 2.33. The molecule has 0 bridgehead atoms. The summed E-state index contributed by atoms with van der Waals surface area (Å²) in [5.74, 6) is 0.237. The summed E-state index contributed by atoms with van der Waals surface area (Å²) < 4.78 is 1.50. The van der Waals surface area contributed by atoms with Gasteiger partial charge in [0, 0.05) is 25.0 Å². The molecule has 23 heavy (non-hydrogen) atoms. The molecule has 2 aromatic rings. The van der Waals surface area contributed by atoms with E-state index in [1.165, 1.54) is 15.7 Å². The normalized spacial score (nSPS) is 18.3. The van der Waals surface area contributed by atoms with Crippen LogP contribution in [0.25, 0.3) is 4.96 Å². The molecule has 1 aliphatic heterocycles. The molecule has 0 aliphatic carbocycles. The minimum absolute atomic E-state index is 0.0177. The van der Waals surface area contributed by atoms with Gasteiger partial charge >= 0.3 is 5.82 Å². The summed E-state index contributed by atoms with van der Waals surface area (Å²) in [5, 5.41) is 16.1. The van der Waals surface area contributed by atoms with E-state index in [2.05, 4.69) is 10.3 Å². The summed E-state index contributed by atoms with van der Waals surface area (Å²) in [5.41, 5.74) is 0. The smallest absolute Gasteiger partial charge is 0.358 e. The first-order valence-corrected chi connectivity index (χ1v) is 8.62. The third-order valence-electron chi connectivity index (χ3n) is 4.03. The first kappa shape index (κ1) is 15.7. The maximum atomic E-state index is 12.2. The number of nitro groups is 1. The standard InChI is InChI=1S/C14H19N5O3S/c1-2-5-15-12(20)10-4-3-6-17(9-10)11-13(19(21)22)18-7-8-23-14(18)16-11/h7-8,10H,2-6,9H2,1H3,(H,15,20). The van der Waals surface area contributed by atoms with E-state index in [1.807, 2.05) is 11.8 Å². The molecule has 1 unspecified atom stereocenters. The minimum Gasteiger partial charge on any atom is -0.358 e. The Hall–Kier alpha value is -2.16. The fourth-order valence-electron chi connectivity index (χ4n) is 2.92. The van der Waals surface area contributed by atoms with Crippen LogP contribution in [0, 0.1) is 16.0 Å². The van der Waals surface area contributed by atoms with Crippen LogP contribution in [-0.4, -0.2) is 39.8 Å². The van der Waals surface area contributed by atoms with Gasteiger partial charge in [-0.25, -0.2) is 0 Å². The van der Waals surface area contributed by atoms with Crippen LogP contribution in [0.2, 0.25) is 0 Å². The monoisotopic (exact) mass is 337 g/mol. The Bertz CT molecular complexity index is 725. The number of fused-ring (bicyclic) bond motifs is 1. The van der Waals surface area contributed by atoms with Crippen molar-refractivity contribution in [1.29, 1.82) is 0 Å². The number of nitrogens with one attached hydrogen (secondary N) is 1. The van der Waals surface area contributed by atoms with E-state index in [4.69, 9.17) is 0 Å². The lowest BCUT2D eigenvalue weighted by atomic mass is 9.97. The van der Waals surface area contributed by atoms with Crippen molar-refractivity contribution in [3.63, 3.8) is 0 Å². The number of thiazole rings is 1. The highest BCUT2D eigenvalue weighted by Crippen LogP contribution is 2.33. The number of piperidine rings is 1. The molecular formula is C14H19N5O3S. The molecule has 0 saturated carbocycles. The average molecular weight is 337 g/mol. The zero-order valence-electron chi connectivity index (χ0n) is 12.9. The molecule has 1 fully saturated rings. The van der Waals surface area contributed by atoms with Crippen LogP contribution in [0.1, 0.15) is 26.2 Å². The van der Waals surface area contributed by atoms with Crippen LogP contribution >= 0.6 is 11.3 Å². The fourth-order valence-corrected chi connectivity index (χ4v) is 3.62. The largest absolute Gasteiger partial charge is 0.373 e. The van der Waals surface area contributed by atoms with Gasteiger partial charge in [0.2, 0.25) is 11.7 Å². The molecule has 0 aromatic carbocycles. The first-order chi connectivity index (χ1) is 11.1. The van der Waals surface area contributed by atoms with E-state index in [0.29, 0.717) is 30.4 Å². The van der Waals surface area contributed by atoms with Crippen molar-refractivity contribution < 1.29 is 9.72 Å². The number of imidazole rings is 1. The second-order valence-electron chi connectivity index (χ2n) is 5.65. The van der Waals surface area contributed by atoms with E-state index in [0.717, 1.165) is 19.3 Å². The highest BCUT2D eigenvalue weighted by atomic mass is 32.1. The van der Waals surface area contributed by atoms with Gasteiger partial charge in [-0.2, -0.15) is 9.38 Å². The summed E-state index contributed by atoms with van der Waals surface area (Å²) in [6.07, 6.45) is 4.18. The highest BCUT2D eigenvalue weighted by molar-refractivity contribution is 7.15. The fraction of sp³-hybridized carbons (Fsp3) is 0.571. The molecule has 0 radical (unpaired) electrons. The van der Waals surface area contributed by atoms with Crippen LogP contribution < -0.4 is 10.2 Å². The molecule has 9 heteroatoms. The quantitative estimate of drug-likeness (QED) is 0.666. The number of aromatic nitrogens is 2. The van der Waals surface area contributed by atoms with Crippen LogP contribution in [0.5, 0.6) is 0 Å². The maximum Gasteiger partial charge on any atom is 0.373 e. The number of hydrogen-bond acceptors (Lipinski definition) is 6. The van der Waals surface area contributed by atoms with E-state index in [9.17, 15) is 14.9 Å². The lowest BCUT2D eigenvalue weighted by Gasteiger charge is -2.31. The molecular weight excluding hydrogens is 318 g/mol. The number of anilines is 1. The van der Waals surface area contributed by atoms with Gasteiger partial charge in [0.05, 0.1) is 5.92 Å². The third kappa shape index (κ3) is 3.00. The predicted octanol–water partition coefficient (Wildman–Crippen LogP) is 2.05. The van der Waals surface area contributed by atoms with Gasteiger partial charge in [0.15, 0.2) is 0 Å². The van der Waals surface area contributed by atoms with Crippen LogP contribution in [0.15, 0.2) is 11.6 Å². The lowest BCUT2D eigenvalue weighted by Crippen LogP contribution is -2.43. The van der Waals surface area contributed by atoms with Crippen molar-refractivity contribution >= 4 is 33.8 Å². The van der Waals surface area contributed by atoms with Gasteiger partial charge in [0.1, 0.15) is 6.20 Å². The van der Waals surface area contributed by atoms with E-state index in [-0.39, 0.29) is 17.6 Å². The molecule has 1 aliphatic rings. The first-order valence-electron chi connectivity index (χ1n) is 7.74. The molecule has 3 rings (SSSR count). The third-order valence-corrected chi connectivity index (χ3v) is 4.79. The Kier molecular flexibility index (Phi) is 4.46. The van der Waals surface area contributed by atoms with Crippen molar-refractivity contribution in [2.75, 3.05) is 24.5 Å². The zero-order chi connectivity index (χ0) is 16.4. The Labute approximate surface area is 137 Å². The van der Waals surface area contributed by atoms with Gasteiger partial charge in [-0.05, 0) is 24.2 Å².